The van der Waals surface area contributed by atoms with Crippen LogP contribution in [-0.4, -0.2) is 16.8 Å². The fraction of sp³-hybridized carbons (Fsp3) is 0.562. The van der Waals surface area contributed by atoms with Crippen molar-refractivity contribution in [1.82, 2.24) is 5.32 Å². The number of hydrogen-bond donors (Lipinski definition) is 1. The average molecular weight is 326 g/mol. The van der Waals surface area contributed by atoms with E-state index in [1.807, 2.05) is 13.8 Å². The number of halogens is 1. The molecule has 2 nitrogen and oxygen atoms in total. The van der Waals surface area contributed by atoms with Gasteiger partial charge in [-0.2, -0.15) is 0 Å². The molecule has 106 valence electrons. The van der Waals surface area contributed by atoms with Crippen molar-refractivity contribution in [3.8, 4) is 0 Å². The van der Waals surface area contributed by atoms with Crippen molar-refractivity contribution in [3.05, 3.63) is 34.4 Å². The maximum atomic E-state index is 12.6. The zero-order valence-electron chi connectivity index (χ0n) is 12.6. The summed E-state index contributed by atoms with van der Waals surface area (Å²) in [4.78, 5) is 12.6. The summed E-state index contributed by atoms with van der Waals surface area (Å²) >= 11 is 3.53. The van der Waals surface area contributed by atoms with E-state index in [-0.39, 0.29) is 11.4 Å². The maximum Gasteiger partial charge on any atom is 0.252 e. The molecular weight excluding hydrogens is 302 g/mol. The summed E-state index contributed by atoms with van der Waals surface area (Å²) in [7, 11) is 0. The fourth-order valence-electron chi connectivity index (χ4n) is 2.49. The average Bonchev–Trinajstić information content (AvgIpc) is 2.35. The first-order valence-corrected chi connectivity index (χ1v) is 7.97. The van der Waals surface area contributed by atoms with Crippen LogP contribution >= 0.6 is 15.9 Å². The molecule has 0 aliphatic heterocycles. The molecule has 0 fully saturated rings. The van der Waals surface area contributed by atoms with E-state index in [2.05, 4.69) is 54.2 Å². The van der Waals surface area contributed by atoms with E-state index in [4.69, 9.17) is 0 Å². The normalized spacial score (nSPS) is 11.5. The molecule has 1 aromatic carbocycles. The molecule has 0 saturated carbocycles. The lowest BCUT2D eigenvalue weighted by Gasteiger charge is -2.31. The minimum Gasteiger partial charge on any atom is -0.346 e. The lowest BCUT2D eigenvalue weighted by molar-refractivity contribution is 0.0902. The summed E-state index contributed by atoms with van der Waals surface area (Å²) in [5.74, 6) is 0.0400. The predicted molar refractivity (Wildman–Crippen MR) is 85.2 cm³/mol. The molecule has 0 bridgehead atoms. The van der Waals surface area contributed by atoms with E-state index in [0.29, 0.717) is 0 Å². The number of carbonyl (C=O) groups excluding carboxylic acids is 1. The molecule has 0 aliphatic carbocycles. The van der Waals surface area contributed by atoms with Crippen LogP contribution in [0.3, 0.4) is 0 Å². The summed E-state index contributed by atoms with van der Waals surface area (Å²) in [6.07, 6.45) is 1.84. The number of carbonyl (C=O) groups is 1. The summed E-state index contributed by atoms with van der Waals surface area (Å²) in [6.45, 7) is 10.3. The number of amides is 1. The van der Waals surface area contributed by atoms with Crippen molar-refractivity contribution >= 4 is 21.8 Å². The molecular formula is C16H24BrNO. The van der Waals surface area contributed by atoms with Gasteiger partial charge in [0, 0.05) is 16.4 Å². The first kappa shape index (κ1) is 16.2. The molecule has 0 unspecified atom stereocenters. The van der Waals surface area contributed by atoms with Crippen molar-refractivity contribution in [1.29, 1.82) is 0 Å². The Morgan fingerprint density at radius 3 is 2.00 bits per heavy atom. The molecule has 0 heterocycles. The van der Waals surface area contributed by atoms with Gasteiger partial charge in [0.2, 0.25) is 0 Å². The van der Waals surface area contributed by atoms with Gasteiger partial charge in [0.05, 0.1) is 0 Å². The highest BCUT2D eigenvalue weighted by atomic mass is 79.9. The van der Waals surface area contributed by atoms with E-state index < -0.39 is 0 Å². The number of nitrogens with one attached hydrogen (secondary N) is 1. The van der Waals surface area contributed by atoms with E-state index in [9.17, 15) is 4.79 Å². The van der Waals surface area contributed by atoms with Crippen LogP contribution in [0, 0.1) is 20.8 Å². The van der Waals surface area contributed by atoms with Gasteiger partial charge >= 0.3 is 0 Å². The Balaban J connectivity index is 3.08. The van der Waals surface area contributed by atoms with Crippen LogP contribution in [0.2, 0.25) is 0 Å². The molecule has 0 radical (unpaired) electrons. The van der Waals surface area contributed by atoms with Crippen LogP contribution in [-0.2, 0) is 0 Å². The summed E-state index contributed by atoms with van der Waals surface area (Å²) < 4.78 is 0. The molecule has 0 spiro atoms. The van der Waals surface area contributed by atoms with Gasteiger partial charge in [0.1, 0.15) is 0 Å². The minimum atomic E-state index is -0.152. The lowest BCUT2D eigenvalue weighted by Crippen LogP contribution is -2.49. The molecule has 0 atom stereocenters. The largest absolute Gasteiger partial charge is 0.346 e. The fourth-order valence-corrected chi connectivity index (χ4v) is 3.42. The molecule has 0 saturated heterocycles. The third kappa shape index (κ3) is 3.59. The van der Waals surface area contributed by atoms with Crippen molar-refractivity contribution in [2.45, 2.75) is 53.0 Å². The van der Waals surface area contributed by atoms with E-state index in [1.54, 1.807) is 0 Å². The first-order valence-electron chi connectivity index (χ1n) is 6.85. The second-order valence-corrected chi connectivity index (χ2v) is 5.91. The summed E-state index contributed by atoms with van der Waals surface area (Å²) in [6, 6.07) is 4.13. The number of hydrogen-bond acceptors (Lipinski definition) is 1. The van der Waals surface area contributed by atoms with Crippen LogP contribution in [0.4, 0.5) is 0 Å². The second-order valence-electron chi connectivity index (χ2n) is 5.35. The summed E-state index contributed by atoms with van der Waals surface area (Å²) in [5, 5.41) is 3.99. The van der Waals surface area contributed by atoms with Gasteiger partial charge < -0.3 is 5.32 Å². The lowest BCUT2D eigenvalue weighted by atomic mass is 9.93. The molecule has 1 N–H and O–H groups in total. The monoisotopic (exact) mass is 325 g/mol. The molecule has 0 aliphatic rings. The summed E-state index contributed by atoms with van der Waals surface area (Å²) in [5.41, 5.74) is 3.96. The number of aryl methyl sites for hydroxylation is 3. The zero-order chi connectivity index (χ0) is 14.6. The zero-order valence-corrected chi connectivity index (χ0v) is 14.1. The SMILES string of the molecule is CCC(CC)(CBr)NC(=O)c1c(C)cc(C)cc1C. The second kappa shape index (κ2) is 6.56. The van der Waals surface area contributed by atoms with Crippen LogP contribution in [0.25, 0.3) is 0 Å². The Morgan fingerprint density at radius 1 is 1.16 bits per heavy atom. The van der Waals surface area contributed by atoms with Crippen molar-refractivity contribution in [3.63, 3.8) is 0 Å². The number of rotatable bonds is 5. The Morgan fingerprint density at radius 2 is 1.63 bits per heavy atom. The van der Waals surface area contributed by atoms with Crippen LogP contribution in [0.5, 0.6) is 0 Å². The van der Waals surface area contributed by atoms with Crippen molar-refractivity contribution in [2.24, 2.45) is 0 Å². The molecule has 3 heteroatoms. The van der Waals surface area contributed by atoms with Gasteiger partial charge in [-0.15, -0.1) is 0 Å². The van der Waals surface area contributed by atoms with Gasteiger partial charge in [-0.25, -0.2) is 0 Å². The highest BCUT2D eigenvalue weighted by molar-refractivity contribution is 9.09. The smallest absolute Gasteiger partial charge is 0.252 e. The molecule has 1 aromatic rings. The van der Waals surface area contributed by atoms with Gasteiger partial charge in [0.25, 0.3) is 5.91 Å². The third-order valence-electron chi connectivity index (χ3n) is 3.89. The van der Waals surface area contributed by atoms with Crippen LogP contribution in [0.15, 0.2) is 12.1 Å². The highest BCUT2D eigenvalue weighted by Gasteiger charge is 2.28. The quantitative estimate of drug-likeness (QED) is 0.803. The first-order chi connectivity index (χ1) is 8.89. The molecule has 1 amide bonds. The van der Waals surface area contributed by atoms with E-state index in [1.165, 1.54) is 5.56 Å². The maximum absolute atomic E-state index is 12.6. The Kier molecular flexibility index (Phi) is 5.60. The van der Waals surface area contributed by atoms with Gasteiger partial charge in [-0.1, -0.05) is 47.5 Å². The Hall–Kier alpha value is -0.830. The number of alkyl halides is 1. The predicted octanol–water partition coefficient (Wildman–Crippen LogP) is 4.30. The van der Waals surface area contributed by atoms with Gasteiger partial charge in [0.15, 0.2) is 0 Å². The molecule has 19 heavy (non-hydrogen) atoms. The van der Waals surface area contributed by atoms with E-state index in [0.717, 1.165) is 34.9 Å². The van der Waals surface area contributed by atoms with Crippen LogP contribution in [0.1, 0.15) is 53.7 Å². The molecule has 0 aromatic heterocycles. The Labute approximate surface area is 125 Å². The minimum absolute atomic E-state index is 0.0400. The van der Waals surface area contributed by atoms with Crippen LogP contribution < -0.4 is 5.32 Å². The van der Waals surface area contributed by atoms with Gasteiger partial charge in [-0.3, -0.25) is 4.79 Å². The molecule has 1 rings (SSSR count). The van der Waals surface area contributed by atoms with Crippen molar-refractivity contribution in [2.75, 3.05) is 5.33 Å². The Bertz CT molecular complexity index is 433. The van der Waals surface area contributed by atoms with Gasteiger partial charge in [-0.05, 0) is 44.7 Å². The van der Waals surface area contributed by atoms with E-state index >= 15 is 0 Å². The highest BCUT2D eigenvalue weighted by Crippen LogP contribution is 2.21. The topological polar surface area (TPSA) is 29.1 Å². The standard InChI is InChI=1S/C16H24BrNO/c1-6-16(7-2,10-17)18-15(19)14-12(4)8-11(3)9-13(14)5/h8-9H,6-7,10H2,1-5H3,(H,18,19). The van der Waals surface area contributed by atoms with Crippen molar-refractivity contribution < 1.29 is 4.79 Å². The number of benzene rings is 1. The third-order valence-corrected chi connectivity index (χ3v) is 4.97.